The van der Waals surface area contributed by atoms with Crippen LogP contribution in [0, 0.1) is 49.4 Å². The molecule has 39 nitrogen and oxygen atoms in total. The highest BCUT2D eigenvalue weighted by Gasteiger charge is 2.23. The topological polar surface area (TPSA) is 548 Å². The maximum atomic E-state index is 9.57. The lowest BCUT2D eigenvalue weighted by molar-refractivity contribution is 0.183. The number of nitrogens with two attached hydrogens (primary N) is 4. The summed E-state index contributed by atoms with van der Waals surface area (Å²) in [6, 6.07) is 10.4. The molecule has 12 aromatic heterocycles. The number of ether oxygens (including phenoxy) is 6. The van der Waals surface area contributed by atoms with Crippen molar-refractivity contribution in [2.75, 3.05) is 126 Å². The number of terminal acetylenes is 4. The molecule has 12 rings (SSSR count). The lowest BCUT2D eigenvalue weighted by Crippen LogP contribution is -2.24. The number of hydrogen-bond acceptors (Lipinski definition) is 39. The number of aromatic nitrogens is 18. The van der Waals surface area contributed by atoms with Crippen LogP contribution in [0.3, 0.4) is 0 Å². The van der Waals surface area contributed by atoms with Crippen molar-refractivity contribution in [3.8, 4) is 118 Å². The first-order valence-corrected chi connectivity index (χ1v) is 46.8. The van der Waals surface area contributed by atoms with Gasteiger partial charge in [-0.1, -0.05) is 134 Å². The van der Waals surface area contributed by atoms with Crippen molar-refractivity contribution in [1.29, 1.82) is 0 Å². The van der Waals surface area contributed by atoms with Crippen LogP contribution in [0.15, 0.2) is 120 Å². The van der Waals surface area contributed by atoms with E-state index in [1.165, 1.54) is 18.6 Å². The van der Waals surface area contributed by atoms with E-state index in [0.29, 0.717) is 163 Å². The lowest BCUT2D eigenvalue weighted by Gasteiger charge is -2.16. The SMILES string of the molecule is C#Cc1cc(Oc2cnc(NC(CC)CO)nc2N)c(C(C)C)cn1.C#Cc1cc(Oc2cnc(NC)nc2N)c(C(C)C)cn1.C#Cc1cc(Oc2cnc(NCC(O)CC)nc2N)c(C(C)C)cn1.C#Cc1cc(Oc2cnc(NCCC)nc2N)c(C(C)C)cn1.CCCNc1ncc(Oc2cc(Br)ncc2C(C)C)c(NCCO)n1.CNc1ncc(Oc2cc(Br)ncc2C(C)C)c(NC)n1. The monoisotopic (exact) mass is 2040 g/mol. The van der Waals surface area contributed by atoms with Gasteiger partial charge in [0.05, 0.1) is 62.5 Å². The first-order chi connectivity index (χ1) is 67.1. The summed E-state index contributed by atoms with van der Waals surface area (Å²) in [7, 11) is 5.28. The number of pyridine rings is 6. The second-order valence-corrected chi connectivity index (χ2v) is 34.0. The largest absolute Gasteiger partial charge is 0.451 e. The Morgan fingerprint density at radius 1 is 0.329 bits per heavy atom. The highest BCUT2D eigenvalue weighted by Crippen LogP contribution is 2.41. The van der Waals surface area contributed by atoms with Gasteiger partial charge < -0.3 is 109 Å². The smallest absolute Gasteiger partial charge is 0.225 e. The molecule has 41 heteroatoms. The second kappa shape index (κ2) is 57.2. The third kappa shape index (κ3) is 34.5. The minimum atomic E-state index is -0.464. The third-order valence-corrected chi connectivity index (χ3v) is 20.6. The highest BCUT2D eigenvalue weighted by atomic mass is 79.9. The number of nitrogens with zero attached hydrogens (tertiary/aromatic N) is 18. The third-order valence-electron chi connectivity index (χ3n) is 19.8. The van der Waals surface area contributed by atoms with Crippen LogP contribution in [0.5, 0.6) is 69.0 Å². The summed E-state index contributed by atoms with van der Waals surface area (Å²) < 4.78 is 37.0. The standard InChI is InChI=1S/2C18H23N5O2.C17H24BrN5O2.C17H21N5O.C15H17N5O.C14H18BrN5O/c1-5-12-7-15(14(8-20-12)11(3)4)25-16-9-21-18(23-17(16)19)22-13(6-2)10-24;1-5-12-7-15(14(9-20-12)11(3)4)25-16-10-22-18(23-17(16)19)21-8-13(24)6-2;1-4-5-20-17-22-10-14(16(23-17)19-6-7-24)25-13-8-15(18)21-9-12(13)11(2)3;1-5-7-19-17-21-10-15(16(18)22-17)23-14-8-12(6-2)20-9-13(14)11(3)4;1-5-10-6-12(11(7-18-10)9(2)3)21-13-8-19-15(17-4)20-14(13)16;1-8(2)9-6-18-12(15)5-10(9)21-11-7-19-14(17-4)20-13(11)16-3/h1,7-9,11,13,24H,6,10H2,2-4H3,(H3,19,21,22,23);1,7,9-11,13,24H,6,8H2,2-4H3,(H3,19,21,22,23);8-11,24H,4-7H2,1-3H3,(H2,19,20,22,23);2,8-11H,5,7H2,1,3-4H3,(H3,18,19,21,22);1,6-9H,2-4H3,(H3,16,17,19,20);5-8H,1-4H3,(H2,16,17,19,20). The fourth-order valence-corrected chi connectivity index (χ4v) is 12.5. The minimum absolute atomic E-state index is 0.000780. The van der Waals surface area contributed by atoms with E-state index < -0.39 is 6.10 Å². The summed E-state index contributed by atoms with van der Waals surface area (Å²) in [6.45, 7) is 34.9. The van der Waals surface area contributed by atoms with Crippen molar-refractivity contribution in [1.82, 2.24) is 89.7 Å². The van der Waals surface area contributed by atoms with E-state index in [0.717, 1.165) is 76.1 Å². The molecular weight excluding hydrogens is 1910 g/mol. The molecule has 0 aliphatic rings. The van der Waals surface area contributed by atoms with Crippen molar-refractivity contribution < 1.29 is 43.7 Å². The maximum Gasteiger partial charge on any atom is 0.225 e. The van der Waals surface area contributed by atoms with E-state index in [4.69, 9.17) is 82.2 Å². The van der Waals surface area contributed by atoms with E-state index in [9.17, 15) is 10.2 Å². The molecule has 0 saturated heterocycles. The van der Waals surface area contributed by atoms with Crippen LogP contribution in [0.2, 0.25) is 0 Å². The van der Waals surface area contributed by atoms with Gasteiger partial charge in [-0.3, -0.25) is 0 Å². The molecule has 12 heterocycles. The summed E-state index contributed by atoms with van der Waals surface area (Å²) in [6.07, 6.45) is 44.3. The number of nitrogens with one attached hydrogen (secondary N) is 8. The van der Waals surface area contributed by atoms with Gasteiger partial charge in [-0.15, -0.1) is 25.7 Å². The fourth-order valence-electron chi connectivity index (χ4n) is 11.9. The summed E-state index contributed by atoms with van der Waals surface area (Å²) in [5.41, 5.74) is 31.5. The van der Waals surface area contributed by atoms with Gasteiger partial charge >= 0.3 is 0 Å². The Hall–Kier alpha value is -15.1. The molecule has 0 fully saturated rings. The van der Waals surface area contributed by atoms with Gasteiger partial charge in [0.25, 0.3) is 0 Å². The molecule has 0 spiro atoms. The minimum Gasteiger partial charge on any atom is -0.451 e. The normalized spacial score (nSPS) is 11.0. The fraction of sp³-hybridized carbons (Fsp3) is 0.374. The van der Waals surface area contributed by atoms with Crippen LogP contribution in [0.25, 0.3) is 0 Å². The molecular formula is C99H126Br2N30O9. The van der Waals surface area contributed by atoms with Crippen LogP contribution in [0.1, 0.15) is 228 Å². The van der Waals surface area contributed by atoms with E-state index in [1.54, 1.807) is 95.0 Å². The maximum absolute atomic E-state index is 9.57. The number of halogens is 2. The zero-order chi connectivity index (χ0) is 103. The van der Waals surface area contributed by atoms with Crippen LogP contribution < -0.4 is 93.9 Å². The molecule has 0 aliphatic carbocycles. The Morgan fingerprint density at radius 2 is 0.614 bits per heavy atom. The van der Waals surface area contributed by atoms with Crippen molar-refractivity contribution in [3.05, 3.63) is 176 Å². The first-order valence-electron chi connectivity index (χ1n) is 45.2. The molecule has 19 N–H and O–H groups in total. The number of anilines is 12. The van der Waals surface area contributed by atoms with Gasteiger partial charge in [-0.25, -0.2) is 59.8 Å². The van der Waals surface area contributed by atoms with E-state index in [1.807, 2.05) is 73.7 Å². The molecule has 140 heavy (non-hydrogen) atoms. The molecule has 0 amide bonds. The zero-order valence-electron chi connectivity index (χ0n) is 82.3. The van der Waals surface area contributed by atoms with Crippen molar-refractivity contribution >= 4 is 102 Å². The molecule has 2 unspecified atom stereocenters. The van der Waals surface area contributed by atoms with Gasteiger partial charge in [0.15, 0.2) is 69.4 Å². The Kier molecular flexibility index (Phi) is 45.7. The lowest BCUT2D eigenvalue weighted by atomic mass is 10.0. The van der Waals surface area contributed by atoms with Crippen molar-refractivity contribution in [2.45, 2.75) is 184 Å². The van der Waals surface area contributed by atoms with E-state index in [-0.39, 0.29) is 72.1 Å². The quantitative estimate of drug-likeness (QED) is 0.0126. The Bertz CT molecular complexity index is 6190. The zero-order valence-corrected chi connectivity index (χ0v) is 85.5. The Labute approximate surface area is 835 Å². The number of nitrogen functional groups attached to an aromatic ring is 4. The number of rotatable bonds is 38. The van der Waals surface area contributed by atoms with E-state index in [2.05, 4.69) is 243 Å². The van der Waals surface area contributed by atoms with Crippen LogP contribution in [-0.2, 0) is 0 Å². The average molecular weight is 2040 g/mol. The average Bonchev–Trinajstić information content (AvgIpc) is 0.832. The number of aliphatic hydroxyl groups excluding tert-OH is 3. The van der Waals surface area contributed by atoms with Crippen molar-refractivity contribution in [3.63, 3.8) is 0 Å². The molecule has 0 aliphatic heterocycles. The van der Waals surface area contributed by atoms with Gasteiger partial charge in [0.1, 0.15) is 66.5 Å². The Balaban J connectivity index is 0.000000229. The predicted octanol–water partition coefficient (Wildman–Crippen LogP) is 18.0. The number of aliphatic hydroxyl groups is 3. The van der Waals surface area contributed by atoms with Gasteiger partial charge in [0.2, 0.25) is 35.7 Å². The Morgan fingerprint density at radius 3 is 0.921 bits per heavy atom. The van der Waals surface area contributed by atoms with Crippen LogP contribution >= 0.6 is 31.9 Å². The van der Waals surface area contributed by atoms with Gasteiger partial charge in [-0.2, -0.15) is 29.9 Å². The molecule has 0 saturated carbocycles. The summed E-state index contributed by atoms with van der Waals surface area (Å²) in [5, 5.41) is 51.9. The summed E-state index contributed by atoms with van der Waals surface area (Å²) in [4.78, 5) is 75.8. The molecule has 2 atom stereocenters. The first kappa shape index (κ1) is 112. The second-order valence-electron chi connectivity index (χ2n) is 32.4. The van der Waals surface area contributed by atoms with Crippen LogP contribution in [0.4, 0.5) is 70.6 Å². The molecule has 740 valence electrons. The molecule has 0 bridgehead atoms. The molecule has 12 aromatic rings. The van der Waals surface area contributed by atoms with Crippen molar-refractivity contribution in [2.24, 2.45) is 0 Å². The van der Waals surface area contributed by atoms with E-state index >= 15 is 0 Å². The van der Waals surface area contributed by atoms with Gasteiger partial charge in [0, 0.05) is 154 Å². The summed E-state index contributed by atoms with van der Waals surface area (Å²) >= 11 is 6.75. The molecule has 0 aromatic carbocycles. The number of hydrogen-bond donors (Lipinski definition) is 15. The van der Waals surface area contributed by atoms with Gasteiger partial charge in [-0.05, 0) is 93.1 Å². The highest BCUT2D eigenvalue weighted by molar-refractivity contribution is 9.10. The molecule has 0 radical (unpaired) electrons. The predicted molar refractivity (Wildman–Crippen MR) is 559 cm³/mol. The van der Waals surface area contributed by atoms with Crippen LogP contribution in [-0.4, -0.2) is 178 Å². The summed E-state index contributed by atoms with van der Waals surface area (Å²) in [5.74, 6) is 22.4.